The average molecular weight is 433 g/mol. The summed E-state index contributed by atoms with van der Waals surface area (Å²) in [6.07, 6.45) is 1.46. The second-order valence-corrected chi connectivity index (χ2v) is 7.21. The number of hydrogen-bond donors (Lipinski definition) is 1. The summed E-state index contributed by atoms with van der Waals surface area (Å²) in [5.74, 6) is 0.298. The minimum atomic E-state index is -0.507. The van der Waals surface area contributed by atoms with Gasteiger partial charge >= 0.3 is 0 Å². The predicted octanol–water partition coefficient (Wildman–Crippen LogP) is 5.78. The van der Waals surface area contributed by atoms with Crippen molar-refractivity contribution in [3.8, 4) is 17.6 Å². The van der Waals surface area contributed by atoms with Gasteiger partial charge in [0, 0.05) is 5.69 Å². The molecule has 1 N–H and O–H groups in total. The minimum absolute atomic E-state index is 0.0578. The predicted molar refractivity (Wildman–Crippen MR) is 122 cm³/mol. The maximum Gasteiger partial charge on any atom is 0.266 e. The van der Waals surface area contributed by atoms with Crippen molar-refractivity contribution in [2.75, 3.05) is 12.4 Å². The maximum absolute atomic E-state index is 12.5. The fraction of sp³-hybridized carbons (Fsp3) is 0.120. The summed E-state index contributed by atoms with van der Waals surface area (Å²) in [5.41, 5.74) is 3.10. The first kappa shape index (κ1) is 21.9. The normalized spacial score (nSPS) is 10.8. The lowest BCUT2D eigenvalue weighted by Gasteiger charge is -2.13. The van der Waals surface area contributed by atoms with Gasteiger partial charge in [0.1, 0.15) is 18.2 Å². The molecule has 1 amide bonds. The number of rotatable bonds is 7. The summed E-state index contributed by atoms with van der Waals surface area (Å²) < 4.78 is 11.3. The van der Waals surface area contributed by atoms with Gasteiger partial charge in [0.2, 0.25) is 0 Å². The van der Waals surface area contributed by atoms with Crippen LogP contribution in [0, 0.1) is 18.3 Å². The molecule has 0 saturated heterocycles. The third-order valence-corrected chi connectivity index (χ3v) is 4.71. The molecule has 0 unspecified atom stereocenters. The molecule has 31 heavy (non-hydrogen) atoms. The second kappa shape index (κ2) is 10.3. The molecule has 0 aromatic heterocycles. The summed E-state index contributed by atoms with van der Waals surface area (Å²) in [4.78, 5) is 12.5. The Kier molecular flexibility index (Phi) is 7.31. The summed E-state index contributed by atoms with van der Waals surface area (Å²) in [6.45, 7) is 2.25. The lowest BCUT2D eigenvalue weighted by atomic mass is 10.1. The standard InChI is InChI=1S/C25H21ClN2O3/c1-17-7-6-10-21(11-17)28-25(29)20(15-27)12-19-13-22(26)24(23(14-19)30-2)31-16-18-8-4-3-5-9-18/h3-14H,16H2,1-2H3,(H,28,29)/b20-12-. The Morgan fingerprint density at radius 2 is 1.90 bits per heavy atom. The summed E-state index contributed by atoms with van der Waals surface area (Å²) in [7, 11) is 1.50. The fourth-order valence-electron chi connectivity index (χ4n) is 2.93. The molecule has 0 radical (unpaired) electrons. The monoisotopic (exact) mass is 432 g/mol. The molecule has 156 valence electrons. The van der Waals surface area contributed by atoms with Crippen LogP contribution in [0.1, 0.15) is 16.7 Å². The second-order valence-electron chi connectivity index (χ2n) is 6.80. The molecule has 6 heteroatoms. The van der Waals surface area contributed by atoms with Crippen LogP contribution in [-0.4, -0.2) is 13.0 Å². The van der Waals surface area contributed by atoms with Crippen molar-refractivity contribution < 1.29 is 14.3 Å². The van der Waals surface area contributed by atoms with Crippen LogP contribution in [0.2, 0.25) is 5.02 Å². The molecule has 0 aliphatic rings. The highest BCUT2D eigenvalue weighted by Crippen LogP contribution is 2.37. The fourth-order valence-corrected chi connectivity index (χ4v) is 3.20. The first-order valence-corrected chi connectivity index (χ1v) is 9.92. The summed E-state index contributed by atoms with van der Waals surface area (Å²) in [6, 6.07) is 22.3. The highest BCUT2D eigenvalue weighted by atomic mass is 35.5. The van der Waals surface area contributed by atoms with Crippen LogP contribution in [0.4, 0.5) is 5.69 Å². The van der Waals surface area contributed by atoms with Crippen LogP contribution in [0.5, 0.6) is 11.5 Å². The molecule has 5 nitrogen and oxygen atoms in total. The number of carbonyl (C=O) groups is 1. The van der Waals surface area contributed by atoms with Crippen molar-refractivity contribution in [3.05, 3.63) is 94.0 Å². The summed E-state index contributed by atoms with van der Waals surface area (Å²) in [5, 5.41) is 12.5. The van der Waals surface area contributed by atoms with E-state index in [-0.39, 0.29) is 5.57 Å². The quantitative estimate of drug-likeness (QED) is 0.379. The van der Waals surface area contributed by atoms with E-state index < -0.39 is 5.91 Å². The van der Waals surface area contributed by atoms with Crippen molar-refractivity contribution >= 4 is 29.3 Å². The number of hydrogen-bond acceptors (Lipinski definition) is 4. The molecular formula is C25H21ClN2O3. The summed E-state index contributed by atoms with van der Waals surface area (Å²) >= 11 is 6.42. The van der Waals surface area contributed by atoms with Gasteiger partial charge in [-0.3, -0.25) is 4.79 Å². The first-order valence-electron chi connectivity index (χ1n) is 9.54. The average Bonchev–Trinajstić information content (AvgIpc) is 2.77. The Hall–Kier alpha value is -3.75. The number of nitrogens with zero attached hydrogens (tertiary/aromatic N) is 1. The molecule has 0 spiro atoms. The van der Waals surface area contributed by atoms with E-state index in [4.69, 9.17) is 21.1 Å². The van der Waals surface area contributed by atoms with Crippen LogP contribution < -0.4 is 14.8 Å². The van der Waals surface area contributed by atoms with E-state index in [9.17, 15) is 10.1 Å². The van der Waals surface area contributed by atoms with Gasteiger partial charge in [0.15, 0.2) is 11.5 Å². The van der Waals surface area contributed by atoms with Gasteiger partial charge in [-0.05, 0) is 54.0 Å². The third-order valence-electron chi connectivity index (χ3n) is 4.43. The molecule has 3 rings (SSSR count). The minimum Gasteiger partial charge on any atom is -0.493 e. The van der Waals surface area contributed by atoms with Crippen molar-refractivity contribution in [3.63, 3.8) is 0 Å². The van der Waals surface area contributed by atoms with E-state index >= 15 is 0 Å². The number of ether oxygens (including phenoxy) is 2. The van der Waals surface area contributed by atoms with Crippen LogP contribution >= 0.6 is 11.6 Å². The van der Waals surface area contributed by atoms with Gasteiger partial charge in [-0.2, -0.15) is 5.26 Å². The van der Waals surface area contributed by atoms with Crippen LogP contribution in [-0.2, 0) is 11.4 Å². The molecule has 0 fully saturated rings. The largest absolute Gasteiger partial charge is 0.493 e. The zero-order valence-corrected chi connectivity index (χ0v) is 17.9. The van der Waals surface area contributed by atoms with E-state index in [0.717, 1.165) is 11.1 Å². The Morgan fingerprint density at radius 1 is 1.13 bits per heavy atom. The number of benzene rings is 3. The maximum atomic E-state index is 12.5. The highest BCUT2D eigenvalue weighted by Gasteiger charge is 2.14. The lowest BCUT2D eigenvalue weighted by molar-refractivity contribution is -0.112. The van der Waals surface area contributed by atoms with E-state index in [2.05, 4.69) is 5.32 Å². The number of amides is 1. The Balaban J connectivity index is 1.82. The molecular weight excluding hydrogens is 412 g/mol. The number of aryl methyl sites for hydroxylation is 1. The van der Waals surface area contributed by atoms with Crippen molar-refractivity contribution in [1.29, 1.82) is 5.26 Å². The van der Waals surface area contributed by atoms with Crippen LogP contribution in [0.3, 0.4) is 0 Å². The molecule has 0 aliphatic carbocycles. The Labute approximate surface area is 186 Å². The molecule has 0 bridgehead atoms. The van der Waals surface area contributed by atoms with Crippen molar-refractivity contribution in [1.82, 2.24) is 0 Å². The van der Waals surface area contributed by atoms with Gasteiger partial charge in [-0.15, -0.1) is 0 Å². The van der Waals surface area contributed by atoms with E-state index in [0.29, 0.717) is 34.4 Å². The van der Waals surface area contributed by atoms with Gasteiger partial charge in [-0.25, -0.2) is 0 Å². The molecule has 0 heterocycles. The first-order chi connectivity index (χ1) is 15.0. The number of halogens is 1. The SMILES string of the molecule is COc1cc(/C=C(/C#N)C(=O)Nc2cccc(C)c2)cc(Cl)c1OCc1ccccc1. The number of carbonyl (C=O) groups excluding carboxylic acids is 1. The van der Waals surface area contributed by atoms with E-state index in [1.165, 1.54) is 13.2 Å². The number of nitriles is 1. The number of methoxy groups -OCH3 is 1. The smallest absolute Gasteiger partial charge is 0.266 e. The topological polar surface area (TPSA) is 71.3 Å². The van der Waals surface area contributed by atoms with E-state index in [1.807, 2.05) is 61.5 Å². The number of nitrogens with one attached hydrogen (secondary N) is 1. The molecule has 0 atom stereocenters. The number of anilines is 1. The lowest BCUT2D eigenvalue weighted by Crippen LogP contribution is -2.13. The van der Waals surface area contributed by atoms with Crippen molar-refractivity contribution in [2.45, 2.75) is 13.5 Å². The zero-order chi connectivity index (χ0) is 22.2. The third kappa shape index (κ3) is 5.88. The van der Waals surface area contributed by atoms with E-state index in [1.54, 1.807) is 18.2 Å². The Morgan fingerprint density at radius 3 is 2.58 bits per heavy atom. The van der Waals surface area contributed by atoms with Gasteiger partial charge in [0.05, 0.1) is 12.1 Å². The highest BCUT2D eigenvalue weighted by molar-refractivity contribution is 6.32. The Bertz CT molecular complexity index is 1150. The van der Waals surface area contributed by atoms with Gasteiger partial charge in [-0.1, -0.05) is 54.1 Å². The molecule has 0 saturated carbocycles. The van der Waals surface area contributed by atoms with Crippen LogP contribution in [0.25, 0.3) is 6.08 Å². The molecule has 3 aromatic carbocycles. The molecule has 0 aliphatic heterocycles. The van der Waals surface area contributed by atoms with Crippen LogP contribution in [0.15, 0.2) is 72.3 Å². The van der Waals surface area contributed by atoms with Gasteiger partial charge < -0.3 is 14.8 Å². The van der Waals surface area contributed by atoms with Crippen molar-refractivity contribution in [2.24, 2.45) is 0 Å². The van der Waals surface area contributed by atoms with Gasteiger partial charge in [0.25, 0.3) is 5.91 Å². The molecule has 3 aromatic rings. The zero-order valence-electron chi connectivity index (χ0n) is 17.2.